The van der Waals surface area contributed by atoms with Crippen molar-refractivity contribution in [3.63, 3.8) is 0 Å². The number of aliphatic carboxylic acids is 1. The molecule has 7 N–H and O–H groups in total. The van der Waals surface area contributed by atoms with Crippen LogP contribution in [0.15, 0.2) is 0 Å². The molecule has 0 unspecified atom stereocenters. The minimum absolute atomic E-state index is 0.328. The molecule has 17 heavy (non-hydrogen) atoms. The molecule has 0 heterocycles. The standard InChI is InChI=1S/C8H15N3O6/c9-1-6(12)16-3-5(11)8(15)17-2-4(10)7(13)14/h4-5H,1-3,9-11H2,(H,13,14)/t4-,5-/m0/s1. The van der Waals surface area contributed by atoms with E-state index in [1.807, 2.05) is 0 Å². The maximum Gasteiger partial charge on any atom is 0.326 e. The molecule has 0 radical (unpaired) electrons. The van der Waals surface area contributed by atoms with Gasteiger partial charge in [-0.05, 0) is 0 Å². The predicted octanol–water partition coefficient (Wildman–Crippen LogP) is -3.23. The van der Waals surface area contributed by atoms with E-state index in [-0.39, 0.29) is 6.54 Å². The minimum atomic E-state index is -1.32. The first-order chi connectivity index (χ1) is 7.88. The van der Waals surface area contributed by atoms with Crippen LogP contribution in [-0.2, 0) is 23.9 Å². The SMILES string of the molecule is NCC(=O)OC[C@H](N)C(=O)OC[C@H](N)C(=O)O. The van der Waals surface area contributed by atoms with Crippen molar-refractivity contribution in [3.05, 3.63) is 0 Å². The highest BCUT2D eigenvalue weighted by Gasteiger charge is 2.20. The van der Waals surface area contributed by atoms with Crippen molar-refractivity contribution < 1.29 is 29.0 Å². The van der Waals surface area contributed by atoms with E-state index >= 15 is 0 Å². The number of carboxylic acid groups (broad SMARTS) is 1. The molecule has 0 saturated carbocycles. The second-order valence-electron chi connectivity index (χ2n) is 3.07. The Balaban J connectivity index is 3.90. The number of nitrogens with two attached hydrogens (primary N) is 3. The van der Waals surface area contributed by atoms with E-state index < -0.39 is 43.2 Å². The molecule has 0 rings (SSSR count). The van der Waals surface area contributed by atoms with E-state index in [2.05, 4.69) is 9.47 Å². The maximum absolute atomic E-state index is 11.2. The van der Waals surface area contributed by atoms with Gasteiger partial charge in [-0.2, -0.15) is 0 Å². The molecule has 0 spiro atoms. The zero-order chi connectivity index (χ0) is 13.4. The normalized spacial score (nSPS) is 13.6. The summed E-state index contributed by atoms with van der Waals surface area (Å²) in [5.74, 6) is -2.93. The highest BCUT2D eigenvalue weighted by molar-refractivity contribution is 5.78. The van der Waals surface area contributed by atoms with Crippen LogP contribution in [0.25, 0.3) is 0 Å². The number of esters is 2. The molecule has 0 aliphatic rings. The van der Waals surface area contributed by atoms with Gasteiger partial charge in [0.25, 0.3) is 0 Å². The van der Waals surface area contributed by atoms with Gasteiger partial charge in [-0.3, -0.25) is 14.4 Å². The lowest BCUT2D eigenvalue weighted by Crippen LogP contribution is -2.42. The number of rotatable bonds is 7. The maximum atomic E-state index is 11.2. The summed E-state index contributed by atoms with van der Waals surface area (Å²) in [6, 6.07) is -2.52. The molecule has 0 fully saturated rings. The Bertz CT molecular complexity index is 295. The van der Waals surface area contributed by atoms with Crippen LogP contribution in [0.4, 0.5) is 0 Å². The van der Waals surface area contributed by atoms with Gasteiger partial charge < -0.3 is 31.8 Å². The van der Waals surface area contributed by atoms with Gasteiger partial charge in [0.2, 0.25) is 0 Å². The lowest BCUT2D eigenvalue weighted by atomic mass is 10.3. The molecule has 9 heteroatoms. The smallest absolute Gasteiger partial charge is 0.326 e. The van der Waals surface area contributed by atoms with E-state index in [0.717, 1.165) is 0 Å². The summed E-state index contributed by atoms with van der Waals surface area (Å²) in [6.45, 7) is -1.23. The van der Waals surface area contributed by atoms with E-state index in [4.69, 9.17) is 22.3 Å². The number of carbonyl (C=O) groups excluding carboxylic acids is 2. The first-order valence-electron chi connectivity index (χ1n) is 4.64. The van der Waals surface area contributed by atoms with Crippen LogP contribution >= 0.6 is 0 Å². The molecular weight excluding hydrogens is 234 g/mol. The second-order valence-corrected chi connectivity index (χ2v) is 3.07. The molecule has 9 nitrogen and oxygen atoms in total. The number of carbonyl (C=O) groups is 3. The quantitative estimate of drug-likeness (QED) is 0.339. The Kier molecular flexibility index (Phi) is 6.79. The summed E-state index contributed by atoms with van der Waals surface area (Å²) in [6.07, 6.45) is 0. The van der Waals surface area contributed by atoms with Crippen LogP contribution in [-0.4, -0.2) is 54.9 Å². The summed E-state index contributed by atoms with van der Waals surface area (Å²) in [5.41, 5.74) is 15.3. The van der Waals surface area contributed by atoms with Crippen molar-refractivity contribution in [3.8, 4) is 0 Å². The summed E-state index contributed by atoms with van der Waals surface area (Å²) in [5, 5.41) is 8.41. The van der Waals surface area contributed by atoms with Crippen molar-refractivity contribution in [2.45, 2.75) is 12.1 Å². The molecule has 98 valence electrons. The van der Waals surface area contributed by atoms with Crippen LogP contribution in [0, 0.1) is 0 Å². The molecule has 0 aromatic rings. The monoisotopic (exact) mass is 249 g/mol. The Morgan fingerprint density at radius 3 is 2.06 bits per heavy atom. The molecule has 0 amide bonds. The molecule has 0 saturated heterocycles. The summed E-state index contributed by atoms with van der Waals surface area (Å²) >= 11 is 0. The molecular formula is C8H15N3O6. The molecule has 0 aliphatic heterocycles. The number of hydrogen-bond donors (Lipinski definition) is 4. The predicted molar refractivity (Wildman–Crippen MR) is 54.6 cm³/mol. The zero-order valence-corrected chi connectivity index (χ0v) is 9.00. The fraction of sp³-hybridized carbons (Fsp3) is 0.625. The van der Waals surface area contributed by atoms with Gasteiger partial charge in [-0.25, -0.2) is 0 Å². The fourth-order valence-corrected chi connectivity index (χ4v) is 0.660. The van der Waals surface area contributed by atoms with Crippen LogP contribution in [0.1, 0.15) is 0 Å². The van der Waals surface area contributed by atoms with Gasteiger partial charge in [-0.15, -0.1) is 0 Å². The van der Waals surface area contributed by atoms with Crippen molar-refractivity contribution in [2.24, 2.45) is 17.2 Å². The van der Waals surface area contributed by atoms with E-state index in [9.17, 15) is 14.4 Å². The molecule has 0 aromatic carbocycles. The van der Waals surface area contributed by atoms with Gasteiger partial charge in [0.05, 0.1) is 6.54 Å². The average molecular weight is 249 g/mol. The lowest BCUT2D eigenvalue weighted by Gasteiger charge is -2.13. The number of ether oxygens (including phenoxy) is 2. The Labute approximate surface area is 96.8 Å². The third-order valence-electron chi connectivity index (χ3n) is 1.62. The van der Waals surface area contributed by atoms with E-state index in [0.29, 0.717) is 0 Å². The van der Waals surface area contributed by atoms with E-state index in [1.165, 1.54) is 0 Å². The lowest BCUT2D eigenvalue weighted by molar-refractivity contribution is -0.152. The highest BCUT2D eigenvalue weighted by atomic mass is 16.6. The summed E-state index contributed by atoms with van der Waals surface area (Å²) < 4.78 is 8.99. The molecule has 0 aliphatic carbocycles. The third kappa shape index (κ3) is 6.45. The van der Waals surface area contributed by atoms with Crippen molar-refractivity contribution in [1.82, 2.24) is 0 Å². The van der Waals surface area contributed by atoms with Crippen LogP contribution in [0.5, 0.6) is 0 Å². The van der Waals surface area contributed by atoms with E-state index in [1.54, 1.807) is 0 Å². The van der Waals surface area contributed by atoms with Crippen molar-refractivity contribution >= 4 is 17.9 Å². The Morgan fingerprint density at radius 2 is 1.59 bits per heavy atom. The van der Waals surface area contributed by atoms with Crippen LogP contribution < -0.4 is 17.2 Å². The zero-order valence-electron chi connectivity index (χ0n) is 9.00. The Hall–Kier alpha value is -1.71. The first kappa shape index (κ1) is 15.3. The molecule has 2 atom stereocenters. The van der Waals surface area contributed by atoms with Crippen LogP contribution in [0.3, 0.4) is 0 Å². The van der Waals surface area contributed by atoms with Crippen molar-refractivity contribution in [1.29, 1.82) is 0 Å². The van der Waals surface area contributed by atoms with Gasteiger partial charge in [0, 0.05) is 0 Å². The topological polar surface area (TPSA) is 168 Å². The highest BCUT2D eigenvalue weighted by Crippen LogP contribution is 1.90. The average Bonchev–Trinajstić information content (AvgIpc) is 2.31. The molecule has 0 aromatic heterocycles. The largest absolute Gasteiger partial charge is 0.480 e. The Morgan fingerprint density at radius 1 is 1.06 bits per heavy atom. The van der Waals surface area contributed by atoms with Crippen LogP contribution in [0.2, 0.25) is 0 Å². The third-order valence-corrected chi connectivity index (χ3v) is 1.62. The first-order valence-corrected chi connectivity index (χ1v) is 4.64. The summed E-state index contributed by atoms with van der Waals surface area (Å²) in [7, 11) is 0. The number of carboxylic acids is 1. The van der Waals surface area contributed by atoms with Gasteiger partial charge in [0.15, 0.2) is 0 Å². The van der Waals surface area contributed by atoms with Gasteiger partial charge >= 0.3 is 17.9 Å². The fourth-order valence-electron chi connectivity index (χ4n) is 0.660. The van der Waals surface area contributed by atoms with Gasteiger partial charge in [0.1, 0.15) is 25.3 Å². The minimum Gasteiger partial charge on any atom is -0.480 e. The number of hydrogen-bond acceptors (Lipinski definition) is 8. The van der Waals surface area contributed by atoms with Gasteiger partial charge in [-0.1, -0.05) is 0 Å². The van der Waals surface area contributed by atoms with Crippen molar-refractivity contribution in [2.75, 3.05) is 19.8 Å². The summed E-state index contributed by atoms with van der Waals surface area (Å²) in [4.78, 5) is 32.1. The second kappa shape index (κ2) is 7.54. The molecule has 0 bridgehead atoms.